The maximum Gasteiger partial charge on any atom is 0.272 e. The first kappa shape index (κ1) is 27.0. The molecule has 3 atom stereocenters. The molecule has 6 heterocycles. The Hall–Kier alpha value is -4.84. The molecular formula is C31H29N7O4S. The molecule has 0 spiro atoms. The minimum absolute atomic E-state index is 0.00671. The number of benzene rings is 1. The number of fused-ring (bicyclic) bond motifs is 3. The van der Waals surface area contributed by atoms with Crippen molar-refractivity contribution >= 4 is 27.2 Å². The van der Waals surface area contributed by atoms with Crippen molar-refractivity contribution < 1.29 is 18.3 Å². The van der Waals surface area contributed by atoms with E-state index in [9.17, 15) is 18.3 Å². The Balaban J connectivity index is 1.26. The SMILES string of the molecule is CS(=O)(=O)c1c([C@@H]2C[C@H]3CC[C@@H](C2)N3C(=O)c2ccc(O)cn2)nc2c(-c3ccc(-c4ccccc4)nc3)cnn2c1N. The number of nitrogens with two attached hydrogens (primary N) is 1. The second-order valence-electron chi connectivity index (χ2n) is 11.2. The number of nitrogen functional groups attached to an aromatic ring is 1. The number of aromatic hydroxyl groups is 1. The minimum atomic E-state index is -3.76. The lowest BCUT2D eigenvalue weighted by Crippen LogP contribution is -2.46. The van der Waals surface area contributed by atoms with E-state index in [1.165, 1.54) is 22.8 Å². The van der Waals surface area contributed by atoms with Crippen LogP contribution in [0.2, 0.25) is 0 Å². The molecule has 2 bridgehead atoms. The van der Waals surface area contributed by atoms with Crippen LogP contribution in [0.25, 0.3) is 28.0 Å². The van der Waals surface area contributed by atoms with Gasteiger partial charge in [0, 0.05) is 47.1 Å². The van der Waals surface area contributed by atoms with E-state index in [1.807, 2.05) is 47.4 Å². The van der Waals surface area contributed by atoms with Crippen molar-refractivity contribution in [2.45, 2.75) is 48.6 Å². The van der Waals surface area contributed by atoms with Gasteiger partial charge in [-0.3, -0.25) is 9.78 Å². The quantitative estimate of drug-likeness (QED) is 0.305. The van der Waals surface area contributed by atoms with Gasteiger partial charge in [-0.05, 0) is 43.9 Å². The van der Waals surface area contributed by atoms with E-state index in [1.54, 1.807) is 12.4 Å². The van der Waals surface area contributed by atoms with Gasteiger partial charge < -0.3 is 15.7 Å². The van der Waals surface area contributed by atoms with Crippen LogP contribution in [0, 0.1) is 0 Å². The highest BCUT2D eigenvalue weighted by Crippen LogP contribution is 2.45. The van der Waals surface area contributed by atoms with Crippen LogP contribution in [0.15, 0.2) is 78.1 Å². The molecule has 2 fully saturated rings. The minimum Gasteiger partial charge on any atom is -0.506 e. The van der Waals surface area contributed by atoms with Gasteiger partial charge in [-0.2, -0.15) is 9.61 Å². The van der Waals surface area contributed by atoms with Crippen molar-refractivity contribution in [3.63, 3.8) is 0 Å². The zero-order valence-electron chi connectivity index (χ0n) is 23.3. The fourth-order valence-electron chi connectivity index (χ4n) is 6.59. The molecule has 2 aliphatic heterocycles. The lowest BCUT2D eigenvalue weighted by molar-refractivity contribution is 0.0562. The number of hydrogen-bond donors (Lipinski definition) is 2. The first-order chi connectivity index (χ1) is 20.7. The Kier molecular flexibility index (Phi) is 6.38. The van der Waals surface area contributed by atoms with Crippen molar-refractivity contribution in [3.05, 3.63) is 84.6 Å². The van der Waals surface area contributed by atoms with E-state index in [0.717, 1.165) is 35.9 Å². The summed E-state index contributed by atoms with van der Waals surface area (Å²) in [6.07, 6.45) is 8.46. The van der Waals surface area contributed by atoms with Crippen LogP contribution in [-0.4, -0.2) is 67.2 Å². The Bertz CT molecular complexity index is 1950. The molecule has 1 amide bonds. The maximum absolute atomic E-state index is 13.4. The summed E-state index contributed by atoms with van der Waals surface area (Å²) < 4.78 is 27.6. The molecule has 0 radical (unpaired) electrons. The molecule has 4 aromatic heterocycles. The highest BCUT2D eigenvalue weighted by atomic mass is 32.2. The monoisotopic (exact) mass is 595 g/mol. The van der Waals surface area contributed by atoms with Crippen LogP contribution in [-0.2, 0) is 9.84 Å². The normalized spacial score (nSPS) is 20.0. The number of anilines is 1. The molecular weight excluding hydrogens is 566 g/mol. The van der Waals surface area contributed by atoms with Gasteiger partial charge in [0.2, 0.25) is 0 Å². The van der Waals surface area contributed by atoms with E-state index < -0.39 is 9.84 Å². The third-order valence-corrected chi connectivity index (χ3v) is 9.66. The maximum atomic E-state index is 13.4. The average Bonchev–Trinajstić information content (AvgIpc) is 3.55. The number of amides is 1. The van der Waals surface area contributed by atoms with Gasteiger partial charge in [0.05, 0.1) is 23.8 Å². The number of rotatable bonds is 5. The van der Waals surface area contributed by atoms with Crippen molar-refractivity contribution in [2.75, 3.05) is 12.0 Å². The molecule has 0 aliphatic carbocycles. The number of hydrogen-bond acceptors (Lipinski definition) is 9. The van der Waals surface area contributed by atoms with Crippen LogP contribution >= 0.6 is 0 Å². The second kappa shape index (κ2) is 10.2. The summed E-state index contributed by atoms with van der Waals surface area (Å²) in [4.78, 5) is 28.9. The van der Waals surface area contributed by atoms with Gasteiger partial charge in [0.1, 0.15) is 22.2 Å². The van der Waals surface area contributed by atoms with Crippen LogP contribution in [0.1, 0.15) is 47.8 Å². The fourth-order valence-corrected chi connectivity index (χ4v) is 7.65. The van der Waals surface area contributed by atoms with Crippen molar-refractivity contribution in [3.8, 4) is 28.1 Å². The molecule has 0 saturated carbocycles. The summed E-state index contributed by atoms with van der Waals surface area (Å²) in [6.45, 7) is 0. The summed E-state index contributed by atoms with van der Waals surface area (Å²) in [6, 6.07) is 16.5. The highest BCUT2D eigenvalue weighted by molar-refractivity contribution is 7.91. The molecule has 218 valence electrons. The summed E-state index contributed by atoms with van der Waals surface area (Å²) in [5, 5.41) is 14.0. The van der Waals surface area contributed by atoms with Crippen LogP contribution in [0.4, 0.5) is 5.82 Å². The predicted octanol–water partition coefficient (Wildman–Crippen LogP) is 4.10. The van der Waals surface area contributed by atoms with E-state index >= 15 is 0 Å². The van der Waals surface area contributed by atoms with Crippen molar-refractivity contribution in [2.24, 2.45) is 0 Å². The molecule has 7 rings (SSSR count). The topological polar surface area (TPSA) is 157 Å². The summed E-state index contributed by atoms with van der Waals surface area (Å²) in [7, 11) is -3.76. The van der Waals surface area contributed by atoms with Crippen LogP contribution < -0.4 is 5.73 Å². The number of carbonyl (C=O) groups excluding carboxylic acids is 1. The fraction of sp³-hybridized carbons (Fsp3) is 0.258. The van der Waals surface area contributed by atoms with E-state index in [2.05, 4.69) is 15.1 Å². The lowest BCUT2D eigenvalue weighted by Gasteiger charge is -2.39. The Morgan fingerprint density at radius 2 is 1.67 bits per heavy atom. The van der Waals surface area contributed by atoms with Crippen molar-refractivity contribution in [1.82, 2.24) is 29.5 Å². The molecule has 3 N–H and O–H groups in total. The largest absolute Gasteiger partial charge is 0.506 e. The van der Waals surface area contributed by atoms with Gasteiger partial charge in [-0.15, -0.1) is 0 Å². The van der Waals surface area contributed by atoms with Gasteiger partial charge in [0.25, 0.3) is 5.91 Å². The molecule has 11 nitrogen and oxygen atoms in total. The lowest BCUT2D eigenvalue weighted by atomic mass is 9.87. The predicted molar refractivity (Wildman–Crippen MR) is 160 cm³/mol. The van der Waals surface area contributed by atoms with Gasteiger partial charge >= 0.3 is 0 Å². The van der Waals surface area contributed by atoms with Gasteiger partial charge in [-0.1, -0.05) is 36.4 Å². The first-order valence-corrected chi connectivity index (χ1v) is 15.9. The smallest absolute Gasteiger partial charge is 0.272 e. The Morgan fingerprint density at radius 3 is 2.30 bits per heavy atom. The number of carbonyl (C=O) groups is 1. The zero-order chi connectivity index (χ0) is 29.9. The number of pyridine rings is 2. The molecule has 43 heavy (non-hydrogen) atoms. The number of sulfone groups is 1. The number of piperidine rings is 1. The standard InChI is InChI=1S/C31H29N7O4S/c1-43(41,42)28-27(20-13-21-8-9-22(14-20)37(21)31(40)26-12-10-23(39)16-34-26)36-30-24(17-35-38(30)29(28)32)19-7-11-25(33-15-19)18-5-3-2-4-6-18/h2-7,10-12,15-17,20-22,39H,8-9,13-14,32H2,1H3/t20-,21-,22+. The second-order valence-corrected chi connectivity index (χ2v) is 13.2. The summed E-state index contributed by atoms with van der Waals surface area (Å²) in [5.74, 6) is -0.413. The van der Waals surface area contributed by atoms with E-state index in [-0.39, 0.29) is 46.1 Å². The number of nitrogens with zero attached hydrogens (tertiary/aromatic N) is 6. The molecule has 1 aromatic carbocycles. The summed E-state index contributed by atoms with van der Waals surface area (Å²) in [5.41, 5.74) is 10.9. The average molecular weight is 596 g/mol. The molecule has 5 aromatic rings. The van der Waals surface area contributed by atoms with Gasteiger partial charge in [0.15, 0.2) is 15.5 Å². The number of aromatic nitrogens is 5. The molecule has 2 saturated heterocycles. The molecule has 0 unspecified atom stereocenters. The van der Waals surface area contributed by atoms with Crippen LogP contribution in [0.3, 0.4) is 0 Å². The third-order valence-electron chi connectivity index (χ3n) is 8.50. The van der Waals surface area contributed by atoms with Crippen LogP contribution in [0.5, 0.6) is 5.75 Å². The summed E-state index contributed by atoms with van der Waals surface area (Å²) >= 11 is 0. The molecule has 12 heteroatoms. The van der Waals surface area contributed by atoms with E-state index in [4.69, 9.17) is 10.7 Å². The van der Waals surface area contributed by atoms with Crippen molar-refractivity contribution in [1.29, 1.82) is 0 Å². The third kappa shape index (κ3) is 4.67. The van der Waals surface area contributed by atoms with Gasteiger partial charge in [-0.25, -0.2) is 18.4 Å². The Morgan fingerprint density at radius 1 is 0.930 bits per heavy atom. The highest BCUT2D eigenvalue weighted by Gasteiger charge is 2.46. The Labute approximate surface area is 248 Å². The first-order valence-electron chi connectivity index (χ1n) is 14.1. The molecule has 2 aliphatic rings. The van der Waals surface area contributed by atoms with E-state index in [0.29, 0.717) is 29.7 Å². The zero-order valence-corrected chi connectivity index (χ0v) is 24.1.